The van der Waals surface area contributed by atoms with Crippen molar-refractivity contribution in [2.45, 2.75) is 65.3 Å². The van der Waals surface area contributed by atoms with Crippen molar-refractivity contribution in [3.8, 4) is 0 Å². The lowest BCUT2D eigenvalue weighted by Gasteiger charge is -2.34. The van der Waals surface area contributed by atoms with Crippen LogP contribution in [0.5, 0.6) is 0 Å². The zero-order valence-electron chi connectivity index (χ0n) is 13.4. The van der Waals surface area contributed by atoms with Crippen LogP contribution < -0.4 is 11.1 Å². The van der Waals surface area contributed by atoms with E-state index >= 15 is 0 Å². The van der Waals surface area contributed by atoms with Gasteiger partial charge in [-0.2, -0.15) is 0 Å². The van der Waals surface area contributed by atoms with Gasteiger partial charge in [0.1, 0.15) is 5.41 Å². The normalized spacial score (nSPS) is 30.4. The van der Waals surface area contributed by atoms with E-state index in [1.807, 2.05) is 13.8 Å². The molecule has 0 aromatic heterocycles. The molecule has 120 valence electrons. The van der Waals surface area contributed by atoms with E-state index in [1.54, 1.807) is 0 Å². The summed E-state index contributed by atoms with van der Waals surface area (Å²) >= 11 is 0. The molecule has 5 heteroatoms. The van der Waals surface area contributed by atoms with Crippen LogP contribution in [0.3, 0.4) is 0 Å². The van der Waals surface area contributed by atoms with E-state index in [2.05, 4.69) is 17.4 Å². The van der Waals surface area contributed by atoms with Crippen molar-refractivity contribution < 1.29 is 10.0 Å². The molecule has 1 amide bonds. The lowest BCUT2D eigenvalue weighted by atomic mass is 9.78. The van der Waals surface area contributed by atoms with Gasteiger partial charge in [-0.1, -0.05) is 25.4 Å². The van der Waals surface area contributed by atoms with Crippen LogP contribution in [0, 0.1) is 23.2 Å². The van der Waals surface area contributed by atoms with Gasteiger partial charge in [0.05, 0.1) is 0 Å². The van der Waals surface area contributed by atoms with Gasteiger partial charge in [0.25, 0.3) is 0 Å². The van der Waals surface area contributed by atoms with E-state index in [-0.39, 0.29) is 17.8 Å². The molecular formula is C16H29N3O2. The molecule has 4 atom stereocenters. The Labute approximate surface area is 127 Å². The molecule has 0 saturated heterocycles. The molecule has 0 radical (unpaired) electrons. The third-order valence-corrected chi connectivity index (χ3v) is 6.03. The molecule has 2 aliphatic rings. The van der Waals surface area contributed by atoms with Crippen LogP contribution in [-0.4, -0.2) is 23.0 Å². The monoisotopic (exact) mass is 295 g/mol. The first-order valence-corrected chi connectivity index (χ1v) is 8.27. The average molecular weight is 295 g/mol. The van der Waals surface area contributed by atoms with Crippen molar-refractivity contribution in [3.63, 3.8) is 0 Å². The predicted molar refractivity (Wildman–Crippen MR) is 83.0 cm³/mol. The van der Waals surface area contributed by atoms with Gasteiger partial charge in [0.2, 0.25) is 5.91 Å². The third-order valence-electron chi connectivity index (χ3n) is 6.03. The largest absolute Gasteiger partial charge is 0.409 e. The minimum atomic E-state index is -0.888. The number of rotatable bonds is 6. The summed E-state index contributed by atoms with van der Waals surface area (Å²) in [5.74, 6) is 2.15. The maximum Gasteiger partial charge on any atom is 0.234 e. The zero-order chi connectivity index (χ0) is 15.6. The van der Waals surface area contributed by atoms with E-state index in [1.165, 1.54) is 25.7 Å². The predicted octanol–water partition coefficient (Wildman–Crippen LogP) is 2.48. The van der Waals surface area contributed by atoms with Crippen LogP contribution in [0.1, 0.15) is 59.3 Å². The summed E-state index contributed by atoms with van der Waals surface area (Å²) in [4.78, 5) is 12.7. The topological polar surface area (TPSA) is 87.7 Å². The molecule has 0 aliphatic heterocycles. The highest BCUT2D eigenvalue weighted by molar-refractivity contribution is 6.06. The molecule has 0 aromatic carbocycles. The van der Waals surface area contributed by atoms with Gasteiger partial charge >= 0.3 is 0 Å². The smallest absolute Gasteiger partial charge is 0.234 e. The number of nitrogens with two attached hydrogens (primary N) is 1. The number of hydrogen-bond acceptors (Lipinski definition) is 3. The van der Waals surface area contributed by atoms with Crippen LogP contribution >= 0.6 is 0 Å². The first kappa shape index (κ1) is 16.1. The van der Waals surface area contributed by atoms with Crippen molar-refractivity contribution >= 4 is 11.7 Å². The van der Waals surface area contributed by atoms with E-state index in [0.29, 0.717) is 18.8 Å². The average Bonchev–Trinajstić information content (AvgIpc) is 3.11. The highest BCUT2D eigenvalue weighted by Crippen LogP contribution is 2.49. The van der Waals surface area contributed by atoms with Crippen LogP contribution in [0.4, 0.5) is 0 Å². The molecule has 5 nitrogen and oxygen atoms in total. The lowest BCUT2D eigenvalue weighted by molar-refractivity contribution is -0.129. The fourth-order valence-electron chi connectivity index (χ4n) is 4.50. The second-order valence-corrected chi connectivity index (χ2v) is 6.88. The summed E-state index contributed by atoms with van der Waals surface area (Å²) in [7, 11) is 0. The van der Waals surface area contributed by atoms with E-state index < -0.39 is 5.41 Å². The molecule has 4 N–H and O–H groups in total. The van der Waals surface area contributed by atoms with Gasteiger partial charge in [-0.25, -0.2) is 0 Å². The van der Waals surface area contributed by atoms with Gasteiger partial charge in [0.15, 0.2) is 5.84 Å². The molecule has 4 unspecified atom stereocenters. The highest BCUT2D eigenvalue weighted by Gasteiger charge is 2.45. The number of nitrogens with zero attached hydrogens (tertiary/aromatic N) is 1. The van der Waals surface area contributed by atoms with E-state index in [4.69, 9.17) is 10.9 Å². The SMILES string of the molecule is CCC(CC)(C(=O)NC(C)C1CC2CCC1C2)C(N)=NO. The minimum absolute atomic E-state index is 0.0187. The van der Waals surface area contributed by atoms with Crippen molar-refractivity contribution in [1.29, 1.82) is 0 Å². The Morgan fingerprint density at radius 1 is 1.38 bits per heavy atom. The lowest BCUT2D eigenvalue weighted by Crippen LogP contribution is -2.53. The quantitative estimate of drug-likeness (QED) is 0.304. The molecule has 2 saturated carbocycles. The minimum Gasteiger partial charge on any atom is -0.409 e. The number of carbonyl (C=O) groups excluding carboxylic acids is 1. The first-order chi connectivity index (χ1) is 9.98. The molecule has 2 bridgehead atoms. The van der Waals surface area contributed by atoms with Crippen LogP contribution in [0.15, 0.2) is 5.16 Å². The summed E-state index contributed by atoms with van der Waals surface area (Å²) in [5, 5.41) is 15.3. The fraction of sp³-hybridized carbons (Fsp3) is 0.875. The molecule has 2 rings (SSSR count). The summed E-state index contributed by atoms with van der Waals surface area (Å²) in [5.41, 5.74) is 4.91. The zero-order valence-corrected chi connectivity index (χ0v) is 13.4. The van der Waals surface area contributed by atoms with Crippen LogP contribution in [-0.2, 0) is 4.79 Å². The van der Waals surface area contributed by atoms with Gasteiger partial charge in [0, 0.05) is 6.04 Å². The maximum atomic E-state index is 12.7. The molecule has 0 heterocycles. The van der Waals surface area contributed by atoms with E-state index in [9.17, 15) is 4.79 Å². The number of amides is 1. The Balaban J connectivity index is 2.05. The Morgan fingerprint density at radius 2 is 2.05 bits per heavy atom. The number of oxime groups is 1. The first-order valence-electron chi connectivity index (χ1n) is 8.27. The number of carbonyl (C=O) groups is 1. The molecule has 0 spiro atoms. The molecular weight excluding hydrogens is 266 g/mol. The van der Waals surface area contributed by atoms with Crippen LogP contribution in [0.25, 0.3) is 0 Å². The number of fused-ring (bicyclic) bond motifs is 2. The molecule has 2 aliphatic carbocycles. The Morgan fingerprint density at radius 3 is 2.48 bits per heavy atom. The molecule has 21 heavy (non-hydrogen) atoms. The summed E-state index contributed by atoms with van der Waals surface area (Å²) in [6.07, 6.45) is 6.31. The van der Waals surface area contributed by atoms with Gasteiger partial charge in [-0.3, -0.25) is 4.79 Å². The third kappa shape index (κ3) is 2.74. The maximum absolute atomic E-state index is 12.7. The fourth-order valence-corrected chi connectivity index (χ4v) is 4.50. The molecule has 0 aromatic rings. The highest BCUT2D eigenvalue weighted by atomic mass is 16.4. The molecule has 2 fully saturated rings. The van der Waals surface area contributed by atoms with E-state index in [0.717, 1.165) is 11.8 Å². The van der Waals surface area contributed by atoms with Crippen LogP contribution in [0.2, 0.25) is 0 Å². The standard InChI is InChI=1S/C16H29N3O2/c1-4-16(5-2,14(17)19-21)15(20)18-10(3)13-9-11-6-7-12(13)8-11/h10-13,21H,4-9H2,1-3H3,(H2,17,19)(H,18,20). The van der Waals surface area contributed by atoms with Crippen molar-refractivity contribution in [3.05, 3.63) is 0 Å². The van der Waals surface area contributed by atoms with Gasteiger partial charge < -0.3 is 16.3 Å². The Bertz CT molecular complexity index is 418. The Hall–Kier alpha value is -1.26. The van der Waals surface area contributed by atoms with Crippen molar-refractivity contribution in [1.82, 2.24) is 5.32 Å². The number of nitrogens with one attached hydrogen (secondary N) is 1. The van der Waals surface area contributed by atoms with Gasteiger partial charge in [-0.15, -0.1) is 0 Å². The van der Waals surface area contributed by atoms with Crippen molar-refractivity contribution in [2.75, 3.05) is 0 Å². The Kier molecular flexibility index (Phi) is 4.79. The van der Waals surface area contributed by atoms with Crippen molar-refractivity contribution in [2.24, 2.45) is 34.1 Å². The number of amidine groups is 1. The summed E-state index contributed by atoms with van der Waals surface area (Å²) < 4.78 is 0. The second-order valence-electron chi connectivity index (χ2n) is 6.88. The summed E-state index contributed by atoms with van der Waals surface area (Å²) in [6.45, 7) is 5.91. The van der Waals surface area contributed by atoms with Gasteiger partial charge in [-0.05, 0) is 56.8 Å². The second kappa shape index (κ2) is 6.24. The number of hydrogen-bond donors (Lipinski definition) is 3. The summed E-state index contributed by atoms with van der Waals surface area (Å²) in [6, 6.07) is 0.164.